The molecule has 2 aliphatic heterocycles. The highest BCUT2D eigenvalue weighted by atomic mass is 16.5. The molecule has 2 atom stereocenters. The first kappa shape index (κ1) is 31.8. The number of hydrogen-bond donors (Lipinski definition) is 0. The Kier molecular flexibility index (Phi) is 7.18. The maximum Gasteiger partial charge on any atom is 0.148 e. The molecule has 1 spiro atoms. The maximum atomic E-state index is 7.11. The van der Waals surface area contributed by atoms with Gasteiger partial charge >= 0.3 is 0 Å². The second kappa shape index (κ2) is 12.4. The number of nitrogens with zero attached hydrogens (tertiary/aromatic N) is 2. The standard InChI is InChI=1S/C52H38N2O/c1-2-47-49(53-51(36-17-4-3-5-18-36)54(47)37-32-30-35(31-33-37)39-23-14-19-34-16-6-7-20-38(34)39)42-24-15-28-46-50(42)55-48-29-13-12-27-45(48)52(46)43-25-10-8-21-40(43)41-22-9-11-26-44(41)52/h3-33,47,51H,2H2,1H3. The fraction of sp³-hybridized carbons (Fsp3) is 0.0962. The number of benzene rings is 8. The molecule has 11 rings (SSSR count). The lowest BCUT2D eigenvalue weighted by Gasteiger charge is -2.40. The van der Waals surface area contributed by atoms with E-state index in [2.05, 4.69) is 200 Å². The minimum absolute atomic E-state index is 0.0139. The summed E-state index contributed by atoms with van der Waals surface area (Å²) < 4.78 is 7.11. The highest BCUT2D eigenvalue weighted by Crippen LogP contribution is 2.62. The molecule has 3 heteroatoms. The van der Waals surface area contributed by atoms with Gasteiger partial charge in [-0.1, -0.05) is 171 Å². The van der Waals surface area contributed by atoms with Crippen LogP contribution in [0.15, 0.2) is 193 Å². The lowest BCUT2D eigenvalue weighted by molar-refractivity contribution is 0.435. The molecule has 0 N–H and O–H groups in total. The summed E-state index contributed by atoms with van der Waals surface area (Å²) in [4.78, 5) is 8.21. The van der Waals surface area contributed by atoms with Crippen LogP contribution in [0.3, 0.4) is 0 Å². The van der Waals surface area contributed by atoms with E-state index < -0.39 is 5.41 Å². The normalized spacial score (nSPS) is 17.3. The largest absolute Gasteiger partial charge is 0.456 e. The van der Waals surface area contributed by atoms with Gasteiger partial charge in [0.15, 0.2) is 0 Å². The van der Waals surface area contributed by atoms with Gasteiger partial charge in [0, 0.05) is 22.4 Å². The summed E-state index contributed by atoms with van der Waals surface area (Å²) in [5.74, 6) is 1.78. The Morgan fingerprint density at radius 2 is 1.11 bits per heavy atom. The Balaban J connectivity index is 1.09. The van der Waals surface area contributed by atoms with Gasteiger partial charge in [-0.2, -0.15) is 0 Å². The molecule has 0 saturated carbocycles. The number of hydrogen-bond acceptors (Lipinski definition) is 3. The van der Waals surface area contributed by atoms with Gasteiger partial charge < -0.3 is 9.64 Å². The molecule has 3 nitrogen and oxygen atoms in total. The topological polar surface area (TPSA) is 24.8 Å². The van der Waals surface area contributed by atoms with Crippen molar-refractivity contribution in [1.82, 2.24) is 0 Å². The Hall–Kier alpha value is -6.71. The molecule has 2 unspecified atom stereocenters. The predicted molar refractivity (Wildman–Crippen MR) is 225 cm³/mol. The van der Waals surface area contributed by atoms with Gasteiger partial charge in [0.2, 0.25) is 0 Å². The lowest BCUT2D eigenvalue weighted by atomic mass is 9.65. The van der Waals surface area contributed by atoms with Crippen LogP contribution in [0.5, 0.6) is 11.5 Å². The van der Waals surface area contributed by atoms with Crippen LogP contribution in [0.1, 0.15) is 52.9 Å². The summed E-state index contributed by atoms with van der Waals surface area (Å²) in [6.07, 6.45) is 0.683. The Labute approximate surface area is 321 Å². The third-order valence-electron chi connectivity index (χ3n) is 12.1. The number of aliphatic imine (C=N–C) groups is 1. The van der Waals surface area contributed by atoms with Crippen LogP contribution in [0.25, 0.3) is 33.0 Å². The van der Waals surface area contributed by atoms with E-state index in [0.717, 1.165) is 40.4 Å². The van der Waals surface area contributed by atoms with Crippen LogP contribution in [0.2, 0.25) is 0 Å². The third-order valence-corrected chi connectivity index (χ3v) is 12.1. The molecule has 0 bridgehead atoms. The zero-order chi connectivity index (χ0) is 36.5. The van der Waals surface area contributed by atoms with Crippen molar-refractivity contribution in [2.45, 2.75) is 31.0 Å². The van der Waals surface area contributed by atoms with Gasteiger partial charge in [-0.15, -0.1) is 0 Å². The van der Waals surface area contributed by atoms with Gasteiger partial charge in [0.25, 0.3) is 0 Å². The van der Waals surface area contributed by atoms with Crippen molar-refractivity contribution in [3.05, 3.63) is 221 Å². The monoisotopic (exact) mass is 706 g/mol. The van der Waals surface area contributed by atoms with Crippen molar-refractivity contribution < 1.29 is 4.74 Å². The number of fused-ring (bicyclic) bond motifs is 10. The van der Waals surface area contributed by atoms with Crippen LogP contribution in [-0.4, -0.2) is 11.8 Å². The smallest absolute Gasteiger partial charge is 0.148 e. The Bertz CT molecular complexity index is 2750. The quantitative estimate of drug-likeness (QED) is 0.178. The van der Waals surface area contributed by atoms with E-state index in [1.54, 1.807) is 0 Å². The van der Waals surface area contributed by atoms with Crippen LogP contribution >= 0.6 is 0 Å². The number of anilines is 1. The van der Waals surface area contributed by atoms with E-state index in [1.807, 2.05) is 0 Å². The fourth-order valence-electron chi connectivity index (χ4n) is 9.77. The molecule has 1 aliphatic carbocycles. The maximum absolute atomic E-state index is 7.11. The molecule has 8 aromatic rings. The molecular weight excluding hydrogens is 669 g/mol. The van der Waals surface area contributed by atoms with Gasteiger partial charge in [-0.3, -0.25) is 4.99 Å². The minimum atomic E-state index is -0.524. The van der Waals surface area contributed by atoms with Crippen LogP contribution in [0.4, 0.5) is 5.69 Å². The highest BCUT2D eigenvalue weighted by molar-refractivity contribution is 6.11. The summed E-state index contributed by atoms with van der Waals surface area (Å²) in [7, 11) is 0. The summed E-state index contributed by atoms with van der Waals surface area (Å²) >= 11 is 0. The molecule has 55 heavy (non-hydrogen) atoms. The van der Waals surface area contributed by atoms with E-state index in [-0.39, 0.29) is 12.2 Å². The van der Waals surface area contributed by atoms with Gasteiger partial charge in [0.05, 0.1) is 17.2 Å². The van der Waals surface area contributed by atoms with E-state index in [0.29, 0.717) is 0 Å². The summed E-state index contributed by atoms with van der Waals surface area (Å²) in [5.41, 5.74) is 13.8. The average Bonchev–Trinajstić information content (AvgIpc) is 3.78. The third kappa shape index (κ3) is 4.60. The number of rotatable bonds is 5. The molecule has 0 aromatic heterocycles. The van der Waals surface area contributed by atoms with Crippen molar-refractivity contribution in [2.24, 2.45) is 4.99 Å². The summed E-state index contributed by atoms with van der Waals surface area (Å²) in [6, 6.07) is 68.2. The van der Waals surface area contributed by atoms with Crippen LogP contribution < -0.4 is 9.64 Å². The molecule has 8 aromatic carbocycles. The van der Waals surface area contributed by atoms with Crippen molar-refractivity contribution in [3.8, 4) is 33.8 Å². The molecule has 3 aliphatic rings. The van der Waals surface area contributed by atoms with Crippen molar-refractivity contribution in [2.75, 3.05) is 4.90 Å². The minimum Gasteiger partial charge on any atom is -0.456 e. The van der Waals surface area contributed by atoms with E-state index in [9.17, 15) is 0 Å². The molecule has 0 fully saturated rings. The summed E-state index contributed by atoms with van der Waals surface area (Å²) in [6.45, 7) is 2.28. The molecule has 2 heterocycles. The van der Waals surface area contributed by atoms with Crippen molar-refractivity contribution in [1.29, 1.82) is 0 Å². The Morgan fingerprint density at radius 3 is 1.87 bits per heavy atom. The second-order valence-corrected chi connectivity index (χ2v) is 14.8. The highest BCUT2D eigenvalue weighted by Gasteiger charge is 2.52. The summed E-state index contributed by atoms with van der Waals surface area (Å²) in [5, 5.41) is 2.51. The van der Waals surface area contributed by atoms with E-state index >= 15 is 0 Å². The molecular formula is C52H38N2O. The number of para-hydroxylation sites is 2. The predicted octanol–water partition coefficient (Wildman–Crippen LogP) is 12.8. The zero-order valence-corrected chi connectivity index (χ0v) is 30.6. The fourth-order valence-corrected chi connectivity index (χ4v) is 9.77. The van der Waals surface area contributed by atoms with Gasteiger partial charge in [-0.05, 0) is 80.4 Å². The van der Waals surface area contributed by atoms with Crippen LogP contribution in [-0.2, 0) is 5.41 Å². The zero-order valence-electron chi connectivity index (χ0n) is 30.6. The SMILES string of the molecule is CCC1C(c2cccc3c2Oc2ccccc2C32c3ccccc3-c3ccccc32)=NC(c2ccccc2)N1c1ccc(-c2cccc3ccccc23)cc1. The second-order valence-electron chi connectivity index (χ2n) is 14.8. The average molecular weight is 707 g/mol. The van der Waals surface area contributed by atoms with E-state index in [4.69, 9.17) is 9.73 Å². The first-order valence-corrected chi connectivity index (χ1v) is 19.4. The number of ether oxygens (including phenoxy) is 1. The molecule has 262 valence electrons. The lowest BCUT2D eigenvalue weighted by Crippen LogP contribution is -2.38. The molecule has 0 saturated heterocycles. The van der Waals surface area contributed by atoms with Crippen molar-refractivity contribution in [3.63, 3.8) is 0 Å². The molecule has 0 amide bonds. The Morgan fingerprint density at radius 1 is 0.527 bits per heavy atom. The van der Waals surface area contributed by atoms with Crippen molar-refractivity contribution >= 4 is 22.2 Å². The van der Waals surface area contributed by atoms with E-state index in [1.165, 1.54) is 55.3 Å². The van der Waals surface area contributed by atoms with Crippen LogP contribution in [0, 0.1) is 0 Å². The van der Waals surface area contributed by atoms with Gasteiger partial charge in [-0.25, -0.2) is 0 Å². The first-order chi connectivity index (χ1) is 27.3. The van der Waals surface area contributed by atoms with Gasteiger partial charge in [0.1, 0.15) is 17.7 Å². The molecule has 0 radical (unpaired) electrons. The first-order valence-electron chi connectivity index (χ1n) is 19.4.